The van der Waals surface area contributed by atoms with Crippen LogP contribution < -0.4 is 0 Å². The van der Waals surface area contributed by atoms with E-state index in [1.54, 1.807) is 23.5 Å². The van der Waals surface area contributed by atoms with E-state index >= 15 is 0 Å². The van der Waals surface area contributed by atoms with Crippen molar-refractivity contribution in [3.8, 4) is 0 Å². The van der Waals surface area contributed by atoms with Crippen molar-refractivity contribution in [2.75, 3.05) is 24.4 Å². The molecular formula is C12H16O2S2. The number of benzene rings is 1. The standard InChI is InChI=1S/C12H16O2S2/c1-15-11-5-3-10(4-6-11)12(14)9-16-8-2-7-13/h3-6,13H,2,7-9H2,1H3. The highest BCUT2D eigenvalue weighted by molar-refractivity contribution is 8.00. The van der Waals surface area contributed by atoms with Gasteiger partial charge in [-0.15, -0.1) is 11.8 Å². The lowest BCUT2D eigenvalue weighted by atomic mass is 10.1. The van der Waals surface area contributed by atoms with Crippen LogP contribution in [0.2, 0.25) is 0 Å². The number of Topliss-reactive ketones (excluding diaryl/α,β-unsaturated/α-hetero) is 1. The van der Waals surface area contributed by atoms with Gasteiger partial charge in [0, 0.05) is 17.1 Å². The van der Waals surface area contributed by atoms with E-state index in [9.17, 15) is 4.79 Å². The Morgan fingerprint density at radius 3 is 2.56 bits per heavy atom. The molecule has 2 nitrogen and oxygen atoms in total. The minimum absolute atomic E-state index is 0.163. The van der Waals surface area contributed by atoms with Gasteiger partial charge in [-0.3, -0.25) is 4.79 Å². The van der Waals surface area contributed by atoms with Gasteiger partial charge in [0.1, 0.15) is 0 Å². The van der Waals surface area contributed by atoms with Gasteiger partial charge in [-0.2, -0.15) is 11.8 Å². The summed E-state index contributed by atoms with van der Waals surface area (Å²) in [5.74, 6) is 1.50. The van der Waals surface area contributed by atoms with Crippen molar-refractivity contribution < 1.29 is 9.90 Å². The first-order chi connectivity index (χ1) is 7.77. The zero-order valence-corrected chi connectivity index (χ0v) is 10.9. The van der Waals surface area contributed by atoms with Gasteiger partial charge in [-0.1, -0.05) is 12.1 Å². The molecule has 0 heterocycles. The average Bonchev–Trinajstić information content (AvgIpc) is 2.34. The summed E-state index contributed by atoms with van der Waals surface area (Å²) in [5, 5.41) is 8.61. The van der Waals surface area contributed by atoms with Crippen molar-refractivity contribution in [1.29, 1.82) is 0 Å². The largest absolute Gasteiger partial charge is 0.396 e. The highest BCUT2D eigenvalue weighted by Crippen LogP contribution is 2.16. The fourth-order valence-corrected chi connectivity index (χ4v) is 2.43. The molecule has 0 aliphatic heterocycles. The maximum Gasteiger partial charge on any atom is 0.172 e. The molecule has 1 aromatic rings. The summed E-state index contributed by atoms with van der Waals surface area (Å²) in [6, 6.07) is 7.69. The first-order valence-corrected chi connectivity index (χ1v) is 7.51. The second-order valence-electron chi connectivity index (χ2n) is 3.28. The van der Waals surface area contributed by atoms with Crippen LogP contribution in [0.3, 0.4) is 0 Å². The molecule has 0 spiro atoms. The number of thioether (sulfide) groups is 2. The number of carbonyl (C=O) groups excluding carboxylic acids is 1. The minimum Gasteiger partial charge on any atom is -0.396 e. The number of aliphatic hydroxyl groups excluding tert-OH is 1. The topological polar surface area (TPSA) is 37.3 Å². The van der Waals surface area contributed by atoms with E-state index in [1.807, 2.05) is 30.5 Å². The molecule has 1 aromatic carbocycles. The van der Waals surface area contributed by atoms with E-state index in [1.165, 1.54) is 4.90 Å². The molecule has 0 saturated heterocycles. The van der Waals surface area contributed by atoms with Gasteiger partial charge in [0.15, 0.2) is 5.78 Å². The zero-order chi connectivity index (χ0) is 11.8. The summed E-state index contributed by atoms with van der Waals surface area (Å²) in [7, 11) is 0. The van der Waals surface area contributed by atoms with E-state index < -0.39 is 0 Å². The molecule has 0 aliphatic rings. The molecule has 0 aliphatic carbocycles. The summed E-state index contributed by atoms with van der Waals surface area (Å²) in [4.78, 5) is 12.9. The molecule has 1 rings (SSSR count). The highest BCUT2D eigenvalue weighted by Gasteiger charge is 2.05. The lowest BCUT2D eigenvalue weighted by molar-refractivity contribution is 0.102. The molecule has 0 unspecified atom stereocenters. The van der Waals surface area contributed by atoms with Crippen molar-refractivity contribution in [2.24, 2.45) is 0 Å². The highest BCUT2D eigenvalue weighted by atomic mass is 32.2. The second kappa shape index (κ2) is 7.76. The first-order valence-electron chi connectivity index (χ1n) is 5.13. The number of aliphatic hydroxyl groups is 1. The number of ketones is 1. The Hall–Kier alpha value is -0.450. The van der Waals surface area contributed by atoms with E-state index in [0.29, 0.717) is 5.75 Å². The van der Waals surface area contributed by atoms with E-state index in [-0.39, 0.29) is 12.4 Å². The van der Waals surface area contributed by atoms with Crippen LogP contribution in [0, 0.1) is 0 Å². The zero-order valence-electron chi connectivity index (χ0n) is 9.31. The van der Waals surface area contributed by atoms with Gasteiger partial charge in [-0.25, -0.2) is 0 Å². The molecule has 0 atom stereocenters. The predicted octanol–water partition coefficient (Wildman–Crippen LogP) is 2.71. The number of hydrogen-bond acceptors (Lipinski definition) is 4. The van der Waals surface area contributed by atoms with Crippen LogP contribution >= 0.6 is 23.5 Å². The molecule has 0 fully saturated rings. The maximum absolute atomic E-state index is 11.7. The second-order valence-corrected chi connectivity index (χ2v) is 5.27. The Balaban J connectivity index is 2.40. The SMILES string of the molecule is CSc1ccc(C(=O)CSCCCO)cc1. The van der Waals surface area contributed by atoms with Crippen LogP contribution in [0.25, 0.3) is 0 Å². The molecule has 88 valence electrons. The lowest BCUT2D eigenvalue weighted by Gasteiger charge is -2.02. The third-order valence-electron chi connectivity index (χ3n) is 2.09. The lowest BCUT2D eigenvalue weighted by Crippen LogP contribution is -2.03. The van der Waals surface area contributed by atoms with Crippen molar-refractivity contribution in [3.63, 3.8) is 0 Å². The summed E-state index contributed by atoms with van der Waals surface area (Å²) in [5.41, 5.74) is 0.772. The Bertz CT molecular complexity index is 322. The molecule has 16 heavy (non-hydrogen) atoms. The summed E-state index contributed by atoms with van der Waals surface area (Å²) in [6.45, 7) is 0.198. The van der Waals surface area contributed by atoms with E-state index in [0.717, 1.165) is 17.7 Å². The minimum atomic E-state index is 0.163. The van der Waals surface area contributed by atoms with Crippen molar-refractivity contribution in [3.05, 3.63) is 29.8 Å². The number of rotatable bonds is 7. The molecule has 4 heteroatoms. The molecule has 0 bridgehead atoms. The van der Waals surface area contributed by atoms with Crippen LogP contribution in [0.1, 0.15) is 16.8 Å². The molecule has 1 N–H and O–H groups in total. The van der Waals surface area contributed by atoms with Gasteiger partial charge in [0.25, 0.3) is 0 Å². The molecular weight excluding hydrogens is 240 g/mol. The third kappa shape index (κ3) is 4.60. The van der Waals surface area contributed by atoms with Gasteiger partial charge in [0.2, 0.25) is 0 Å². The number of carbonyl (C=O) groups is 1. The molecule has 0 aromatic heterocycles. The van der Waals surface area contributed by atoms with Crippen LogP contribution in [0.4, 0.5) is 0 Å². The smallest absolute Gasteiger partial charge is 0.172 e. The van der Waals surface area contributed by atoms with Crippen molar-refractivity contribution in [1.82, 2.24) is 0 Å². The van der Waals surface area contributed by atoms with Gasteiger partial charge in [-0.05, 0) is 30.6 Å². The average molecular weight is 256 g/mol. The Morgan fingerprint density at radius 1 is 1.31 bits per heavy atom. The van der Waals surface area contributed by atoms with Gasteiger partial charge in [0.05, 0.1) is 5.75 Å². The predicted molar refractivity (Wildman–Crippen MR) is 71.6 cm³/mol. The molecule has 0 radical (unpaired) electrons. The summed E-state index contributed by atoms with van der Waals surface area (Å²) < 4.78 is 0. The normalized spacial score (nSPS) is 10.4. The number of hydrogen-bond donors (Lipinski definition) is 1. The Morgan fingerprint density at radius 2 is 2.00 bits per heavy atom. The quantitative estimate of drug-likeness (QED) is 0.462. The maximum atomic E-state index is 11.7. The van der Waals surface area contributed by atoms with Gasteiger partial charge >= 0.3 is 0 Å². The van der Waals surface area contributed by atoms with E-state index in [2.05, 4.69) is 0 Å². The van der Waals surface area contributed by atoms with Crippen molar-refractivity contribution in [2.45, 2.75) is 11.3 Å². The Kier molecular flexibility index (Phi) is 6.61. The molecule has 0 amide bonds. The van der Waals surface area contributed by atoms with Crippen LogP contribution in [0.5, 0.6) is 0 Å². The van der Waals surface area contributed by atoms with Crippen molar-refractivity contribution >= 4 is 29.3 Å². The Labute approximate surface area is 105 Å². The van der Waals surface area contributed by atoms with Crippen LogP contribution in [0.15, 0.2) is 29.2 Å². The first kappa shape index (κ1) is 13.6. The third-order valence-corrected chi connectivity index (χ3v) is 3.88. The monoisotopic (exact) mass is 256 g/mol. The fraction of sp³-hybridized carbons (Fsp3) is 0.417. The fourth-order valence-electron chi connectivity index (χ4n) is 1.19. The van der Waals surface area contributed by atoms with Crippen LogP contribution in [-0.2, 0) is 0 Å². The van der Waals surface area contributed by atoms with E-state index in [4.69, 9.17) is 5.11 Å². The van der Waals surface area contributed by atoms with Crippen LogP contribution in [-0.4, -0.2) is 35.3 Å². The van der Waals surface area contributed by atoms with Gasteiger partial charge < -0.3 is 5.11 Å². The summed E-state index contributed by atoms with van der Waals surface area (Å²) >= 11 is 3.25. The summed E-state index contributed by atoms with van der Waals surface area (Å²) in [6.07, 6.45) is 2.77. The molecule has 0 saturated carbocycles.